The number of para-hydroxylation sites is 2. The quantitative estimate of drug-likeness (QED) is 0.536. The molecule has 0 atom stereocenters. The molecule has 1 heterocycles. The van der Waals surface area contributed by atoms with E-state index in [0.717, 1.165) is 0 Å². The van der Waals surface area contributed by atoms with Gasteiger partial charge in [0.2, 0.25) is 0 Å². The molecule has 0 spiro atoms. The number of hydrogen-bond acceptors (Lipinski definition) is 8. The number of fused-ring (bicyclic) bond motifs is 2. The second-order valence-corrected chi connectivity index (χ2v) is 4.48. The molecule has 24 heavy (non-hydrogen) atoms. The molecule has 0 N–H and O–H groups in total. The minimum atomic E-state index is -1.62. The van der Waals surface area contributed by atoms with Crippen LogP contribution in [0.2, 0.25) is 0 Å². The first-order valence-electron chi connectivity index (χ1n) is 6.60. The molecule has 120 valence electrons. The smallest absolute Gasteiger partial charge is 0.456 e. The summed E-state index contributed by atoms with van der Waals surface area (Å²) in [5.41, 5.74) is -0.184. The number of rotatable bonds is 0. The third kappa shape index (κ3) is 3.07. The van der Waals surface area contributed by atoms with E-state index in [4.69, 9.17) is 4.74 Å². The zero-order valence-electron chi connectivity index (χ0n) is 11.9. The minimum absolute atomic E-state index is 0.0439. The molecule has 0 bridgehead atoms. The Labute approximate surface area is 134 Å². The van der Waals surface area contributed by atoms with Crippen LogP contribution in [0.4, 0.5) is 9.59 Å². The summed E-state index contributed by atoms with van der Waals surface area (Å²) in [4.78, 5) is 46.7. The van der Waals surface area contributed by atoms with Crippen LogP contribution in [0.25, 0.3) is 0 Å². The second kappa shape index (κ2) is 6.21. The van der Waals surface area contributed by atoms with Crippen molar-refractivity contribution >= 4 is 24.2 Å². The van der Waals surface area contributed by atoms with Gasteiger partial charge in [-0.1, -0.05) is 24.3 Å². The Balaban J connectivity index is 2.11. The lowest BCUT2D eigenvalue weighted by Gasteiger charge is -2.13. The number of cyclic esters (lactones) is 6. The largest absolute Gasteiger partial charge is 0.526 e. The number of carbonyl (C=O) groups excluding carboxylic acids is 4. The van der Waals surface area contributed by atoms with Crippen molar-refractivity contribution in [1.82, 2.24) is 0 Å². The van der Waals surface area contributed by atoms with Crippen LogP contribution in [-0.4, -0.2) is 24.2 Å². The maximum atomic E-state index is 12.0. The van der Waals surface area contributed by atoms with Crippen LogP contribution < -0.4 is 4.74 Å². The summed E-state index contributed by atoms with van der Waals surface area (Å²) < 4.78 is 18.4. The van der Waals surface area contributed by atoms with E-state index in [1.54, 1.807) is 12.1 Å². The third-order valence-electron chi connectivity index (χ3n) is 2.95. The molecule has 1 aliphatic heterocycles. The van der Waals surface area contributed by atoms with Gasteiger partial charge in [0.25, 0.3) is 0 Å². The number of hydrogen-bond donors (Lipinski definition) is 0. The lowest BCUT2D eigenvalue weighted by atomic mass is 10.2. The Bertz CT molecular complexity index is 785. The van der Waals surface area contributed by atoms with Crippen LogP contribution in [0.5, 0.6) is 11.5 Å². The monoisotopic (exact) mass is 328 g/mol. The zero-order chi connectivity index (χ0) is 17.1. The van der Waals surface area contributed by atoms with Crippen LogP contribution in [-0.2, 0) is 14.2 Å². The van der Waals surface area contributed by atoms with Crippen LogP contribution in [0.15, 0.2) is 48.5 Å². The number of ether oxygens (including phenoxy) is 4. The van der Waals surface area contributed by atoms with E-state index < -0.39 is 24.2 Å². The molecule has 2 aromatic carbocycles. The van der Waals surface area contributed by atoms with Crippen molar-refractivity contribution in [3.05, 3.63) is 59.7 Å². The van der Waals surface area contributed by atoms with Gasteiger partial charge >= 0.3 is 24.2 Å². The van der Waals surface area contributed by atoms with Gasteiger partial charge in [0.05, 0.1) is 0 Å². The highest BCUT2D eigenvalue weighted by Crippen LogP contribution is 2.29. The Morgan fingerprint density at radius 2 is 0.917 bits per heavy atom. The van der Waals surface area contributed by atoms with E-state index in [2.05, 4.69) is 14.2 Å². The Morgan fingerprint density at radius 1 is 0.500 bits per heavy atom. The topological polar surface area (TPSA) is 105 Å². The average molecular weight is 328 g/mol. The fraction of sp³-hybridized carbons (Fsp3) is 0. The molecular weight excluding hydrogens is 320 g/mol. The molecule has 0 fully saturated rings. The van der Waals surface area contributed by atoms with Gasteiger partial charge in [-0.05, 0) is 24.3 Å². The van der Waals surface area contributed by atoms with Gasteiger partial charge in [-0.2, -0.15) is 0 Å². The van der Waals surface area contributed by atoms with Crippen LogP contribution in [0, 0.1) is 0 Å². The molecule has 0 unspecified atom stereocenters. The van der Waals surface area contributed by atoms with Crippen molar-refractivity contribution in [2.24, 2.45) is 0 Å². The van der Waals surface area contributed by atoms with Crippen LogP contribution in [0.1, 0.15) is 20.7 Å². The van der Waals surface area contributed by atoms with Crippen LogP contribution in [0.3, 0.4) is 0 Å². The maximum absolute atomic E-state index is 12.0. The van der Waals surface area contributed by atoms with Gasteiger partial charge in [-0.3, -0.25) is 0 Å². The van der Waals surface area contributed by atoms with Gasteiger partial charge in [-0.15, -0.1) is 0 Å². The summed E-state index contributed by atoms with van der Waals surface area (Å²) in [6.07, 6.45) is -3.25. The summed E-state index contributed by atoms with van der Waals surface area (Å²) in [5.74, 6) is -2.09. The first kappa shape index (κ1) is 15.2. The van der Waals surface area contributed by atoms with E-state index in [1.807, 2.05) is 0 Å². The zero-order valence-corrected chi connectivity index (χ0v) is 11.9. The van der Waals surface area contributed by atoms with Crippen LogP contribution >= 0.6 is 0 Å². The molecule has 8 heteroatoms. The van der Waals surface area contributed by atoms with E-state index in [0.29, 0.717) is 0 Å². The van der Waals surface area contributed by atoms with Gasteiger partial charge < -0.3 is 18.9 Å². The predicted molar refractivity (Wildman–Crippen MR) is 75.7 cm³/mol. The molecule has 0 amide bonds. The first-order chi connectivity index (χ1) is 11.5. The number of benzene rings is 2. The molecule has 0 aromatic heterocycles. The van der Waals surface area contributed by atoms with Crippen molar-refractivity contribution in [2.75, 3.05) is 0 Å². The molecule has 8 nitrogen and oxygen atoms in total. The van der Waals surface area contributed by atoms with E-state index in [9.17, 15) is 19.2 Å². The summed E-state index contributed by atoms with van der Waals surface area (Å²) >= 11 is 0. The van der Waals surface area contributed by atoms with Crippen molar-refractivity contribution in [3.8, 4) is 11.5 Å². The van der Waals surface area contributed by atoms with Gasteiger partial charge in [0, 0.05) is 0 Å². The standard InChI is InChI=1S/C16H8O8/c17-13-9-5-1-3-7-11(9)21-12-8-4-2-6-10(12)14(18)23-16(20)24-15(19)22-13/h1-8H. The van der Waals surface area contributed by atoms with Crippen molar-refractivity contribution in [2.45, 2.75) is 0 Å². The fourth-order valence-corrected chi connectivity index (χ4v) is 1.94. The van der Waals surface area contributed by atoms with E-state index >= 15 is 0 Å². The minimum Gasteiger partial charge on any atom is -0.456 e. The average Bonchev–Trinajstić information content (AvgIpc) is 2.54. The lowest BCUT2D eigenvalue weighted by Crippen LogP contribution is -2.22. The molecule has 3 rings (SSSR count). The molecule has 2 aromatic rings. The van der Waals surface area contributed by atoms with Crippen molar-refractivity contribution < 1.29 is 38.1 Å². The van der Waals surface area contributed by atoms with Gasteiger partial charge in [-0.25, -0.2) is 19.2 Å². The van der Waals surface area contributed by atoms with Crippen molar-refractivity contribution in [1.29, 1.82) is 0 Å². The van der Waals surface area contributed by atoms with Gasteiger partial charge in [0.1, 0.15) is 22.6 Å². The third-order valence-corrected chi connectivity index (χ3v) is 2.95. The lowest BCUT2D eigenvalue weighted by molar-refractivity contribution is 0.0290. The van der Waals surface area contributed by atoms with Gasteiger partial charge in [0.15, 0.2) is 0 Å². The Morgan fingerprint density at radius 3 is 1.38 bits per heavy atom. The Hall–Kier alpha value is -3.68. The van der Waals surface area contributed by atoms with Crippen molar-refractivity contribution in [3.63, 3.8) is 0 Å². The molecule has 0 saturated heterocycles. The summed E-state index contributed by atoms with van der Waals surface area (Å²) in [7, 11) is 0. The molecule has 0 saturated carbocycles. The predicted octanol–water partition coefficient (Wildman–Crippen LogP) is 3.06. The first-order valence-corrected chi connectivity index (χ1v) is 6.60. The van der Waals surface area contributed by atoms with E-state index in [1.165, 1.54) is 36.4 Å². The summed E-state index contributed by atoms with van der Waals surface area (Å²) in [5, 5.41) is 0. The highest BCUT2D eigenvalue weighted by Gasteiger charge is 2.26. The molecule has 0 radical (unpaired) electrons. The SMILES string of the molecule is O=C1OC(=O)OC(=O)c2ccccc2Oc2ccccc2C(=O)O1. The van der Waals surface area contributed by atoms with E-state index in [-0.39, 0.29) is 22.6 Å². The Kier molecular flexibility index (Phi) is 3.94. The maximum Gasteiger partial charge on any atom is 0.526 e. The normalized spacial score (nSPS) is 14.7. The second-order valence-electron chi connectivity index (χ2n) is 4.48. The number of esters is 2. The summed E-state index contributed by atoms with van der Waals surface area (Å²) in [6.45, 7) is 0. The molecular formula is C16H8O8. The number of carbonyl (C=O) groups is 4. The molecule has 0 aliphatic carbocycles. The highest BCUT2D eigenvalue weighted by atomic mass is 16.8. The fourth-order valence-electron chi connectivity index (χ4n) is 1.94. The molecule has 1 aliphatic rings. The summed E-state index contributed by atoms with van der Waals surface area (Å²) in [6, 6.07) is 11.8. The highest BCUT2D eigenvalue weighted by molar-refractivity contribution is 6.02.